The molecule has 110 valence electrons. The Morgan fingerprint density at radius 2 is 1.76 bits per heavy atom. The number of Topliss-reactive ketones (excluding diaryl/α,β-unsaturated/α-hetero) is 1. The molecule has 0 saturated carbocycles. The third kappa shape index (κ3) is 3.88. The molecular formula is C17H16F2O2. The van der Waals surface area contributed by atoms with Crippen LogP contribution < -0.4 is 4.74 Å². The first-order valence-electron chi connectivity index (χ1n) is 6.80. The van der Waals surface area contributed by atoms with E-state index >= 15 is 0 Å². The van der Waals surface area contributed by atoms with E-state index in [2.05, 4.69) is 0 Å². The highest BCUT2D eigenvalue weighted by molar-refractivity contribution is 5.97. The molecule has 0 atom stereocenters. The van der Waals surface area contributed by atoms with Gasteiger partial charge in [0.25, 0.3) is 0 Å². The Morgan fingerprint density at radius 3 is 2.43 bits per heavy atom. The van der Waals surface area contributed by atoms with Gasteiger partial charge in [0.15, 0.2) is 5.78 Å². The SMILES string of the molecule is CCCOc1cccc(C(=O)Cc2c(F)cccc2F)c1. The minimum atomic E-state index is -0.707. The summed E-state index contributed by atoms with van der Waals surface area (Å²) in [5.41, 5.74) is 0.175. The van der Waals surface area contributed by atoms with E-state index in [4.69, 9.17) is 4.74 Å². The zero-order chi connectivity index (χ0) is 15.2. The number of carbonyl (C=O) groups is 1. The van der Waals surface area contributed by atoms with Crippen LogP contribution in [-0.4, -0.2) is 12.4 Å². The first kappa shape index (κ1) is 15.2. The van der Waals surface area contributed by atoms with Crippen LogP contribution in [0.4, 0.5) is 8.78 Å². The van der Waals surface area contributed by atoms with Crippen molar-refractivity contribution in [3.05, 3.63) is 65.2 Å². The van der Waals surface area contributed by atoms with Gasteiger partial charge in [0.1, 0.15) is 17.4 Å². The zero-order valence-corrected chi connectivity index (χ0v) is 11.7. The van der Waals surface area contributed by atoms with Crippen LogP contribution in [0.1, 0.15) is 29.3 Å². The second-order valence-electron chi connectivity index (χ2n) is 4.68. The molecule has 0 aromatic heterocycles. The van der Waals surface area contributed by atoms with Gasteiger partial charge in [-0.1, -0.05) is 25.1 Å². The molecule has 0 saturated heterocycles. The Hall–Kier alpha value is -2.23. The number of ether oxygens (including phenoxy) is 1. The quantitative estimate of drug-likeness (QED) is 0.746. The molecule has 0 bridgehead atoms. The lowest BCUT2D eigenvalue weighted by Crippen LogP contribution is -2.07. The molecule has 0 spiro atoms. The molecule has 0 heterocycles. The summed E-state index contributed by atoms with van der Waals surface area (Å²) in [7, 11) is 0. The Bertz CT molecular complexity index is 618. The van der Waals surface area contributed by atoms with Crippen molar-refractivity contribution in [2.24, 2.45) is 0 Å². The third-order valence-electron chi connectivity index (χ3n) is 3.03. The Labute approximate surface area is 122 Å². The van der Waals surface area contributed by atoms with Crippen molar-refractivity contribution in [1.82, 2.24) is 0 Å². The van der Waals surface area contributed by atoms with Crippen molar-refractivity contribution in [3.63, 3.8) is 0 Å². The molecular weight excluding hydrogens is 274 g/mol. The number of hydrogen-bond donors (Lipinski definition) is 0. The summed E-state index contributed by atoms with van der Waals surface area (Å²) in [6.07, 6.45) is 0.550. The summed E-state index contributed by atoms with van der Waals surface area (Å²) >= 11 is 0. The first-order chi connectivity index (χ1) is 10.1. The summed E-state index contributed by atoms with van der Waals surface area (Å²) in [6, 6.07) is 10.2. The fraction of sp³-hybridized carbons (Fsp3) is 0.235. The maximum absolute atomic E-state index is 13.6. The van der Waals surface area contributed by atoms with Crippen molar-refractivity contribution in [3.8, 4) is 5.75 Å². The van der Waals surface area contributed by atoms with Gasteiger partial charge in [0.2, 0.25) is 0 Å². The zero-order valence-electron chi connectivity index (χ0n) is 11.7. The average Bonchev–Trinajstić information content (AvgIpc) is 2.49. The van der Waals surface area contributed by atoms with Gasteiger partial charge in [-0.3, -0.25) is 4.79 Å². The number of ketones is 1. The molecule has 0 aliphatic carbocycles. The normalized spacial score (nSPS) is 10.4. The molecule has 2 aromatic carbocycles. The van der Waals surface area contributed by atoms with Crippen LogP contribution in [-0.2, 0) is 6.42 Å². The van der Waals surface area contributed by atoms with E-state index in [-0.39, 0.29) is 17.8 Å². The van der Waals surface area contributed by atoms with Crippen molar-refractivity contribution in [2.45, 2.75) is 19.8 Å². The molecule has 4 heteroatoms. The fourth-order valence-corrected chi connectivity index (χ4v) is 1.94. The number of halogens is 2. The van der Waals surface area contributed by atoms with E-state index in [0.29, 0.717) is 17.9 Å². The largest absolute Gasteiger partial charge is 0.494 e. The average molecular weight is 290 g/mol. The van der Waals surface area contributed by atoms with E-state index in [0.717, 1.165) is 18.6 Å². The molecule has 0 unspecified atom stereocenters. The molecule has 0 fully saturated rings. The minimum absolute atomic E-state index is 0.206. The summed E-state index contributed by atoms with van der Waals surface area (Å²) in [5.74, 6) is -1.18. The van der Waals surface area contributed by atoms with E-state index < -0.39 is 11.6 Å². The standard InChI is InChI=1S/C17H16F2O2/c1-2-9-21-13-6-3-5-12(10-13)17(20)11-14-15(18)7-4-8-16(14)19/h3-8,10H,2,9,11H2,1H3. The number of hydrogen-bond acceptors (Lipinski definition) is 2. The Kier molecular flexibility index (Phi) is 5.04. The van der Waals surface area contributed by atoms with Gasteiger partial charge in [-0.05, 0) is 30.7 Å². The van der Waals surface area contributed by atoms with Gasteiger partial charge in [0, 0.05) is 17.5 Å². The first-order valence-corrected chi connectivity index (χ1v) is 6.80. The predicted octanol–water partition coefficient (Wildman–Crippen LogP) is 4.18. The van der Waals surface area contributed by atoms with Crippen molar-refractivity contribution < 1.29 is 18.3 Å². The van der Waals surface area contributed by atoms with Gasteiger partial charge in [-0.2, -0.15) is 0 Å². The van der Waals surface area contributed by atoms with Crippen molar-refractivity contribution in [1.29, 1.82) is 0 Å². The predicted molar refractivity (Wildman–Crippen MR) is 76.6 cm³/mol. The third-order valence-corrected chi connectivity index (χ3v) is 3.03. The minimum Gasteiger partial charge on any atom is -0.494 e. The second-order valence-corrected chi connectivity index (χ2v) is 4.68. The van der Waals surface area contributed by atoms with Crippen LogP contribution in [0.3, 0.4) is 0 Å². The summed E-state index contributed by atoms with van der Waals surface area (Å²) in [6.45, 7) is 2.54. The topological polar surface area (TPSA) is 26.3 Å². The number of carbonyl (C=O) groups excluding carboxylic acids is 1. The monoisotopic (exact) mass is 290 g/mol. The van der Waals surface area contributed by atoms with Gasteiger partial charge in [-0.25, -0.2) is 8.78 Å². The molecule has 0 radical (unpaired) electrons. The molecule has 2 nitrogen and oxygen atoms in total. The van der Waals surface area contributed by atoms with E-state index in [1.165, 1.54) is 6.07 Å². The summed E-state index contributed by atoms with van der Waals surface area (Å²) < 4.78 is 32.6. The molecule has 21 heavy (non-hydrogen) atoms. The van der Waals surface area contributed by atoms with E-state index in [1.807, 2.05) is 6.92 Å². The molecule has 2 rings (SSSR count). The van der Waals surface area contributed by atoms with E-state index in [9.17, 15) is 13.6 Å². The van der Waals surface area contributed by atoms with Crippen molar-refractivity contribution >= 4 is 5.78 Å². The highest BCUT2D eigenvalue weighted by Crippen LogP contribution is 2.18. The lowest BCUT2D eigenvalue weighted by Gasteiger charge is -2.07. The van der Waals surface area contributed by atoms with Gasteiger partial charge < -0.3 is 4.74 Å². The van der Waals surface area contributed by atoms with Gasteiger partial charge in [0.05, 0.1) is 6.61 Å². The molecule has 0 N–H and O–H groups in total. The maximum Gasteiger partial charge on any atom is 0.167 e. The lowest BCUT2D eigenvalue weighted by molar-refractivity contribution is 0.0990. The second kappa shape index (κ2) is 6.97. The Morgan fingerprint density at radius 1 is 1.10 bits per heavy atom. The van der Waals surface area contributed by atoms with Crippen LogP contribution in [0.15, 0.2) is 42.5 Å². The highest BCUT2D eigenvalue weighted by atomic mass is 19.1. The smallest absolute Gasteiger partial charge is 0.167 e. The van der Waals surface area contributed by atoms with Crippen LogP contribution in [0, 0.1) is 11.6 Å². The number of benzene rings is 2. The lowest BCUT2D eigenvalue weighted by atomic mass is 10.0. The molecule has 0 amide bonds. The van der Waals surface area contributed by atoms with Crippen LogP contribution in [0.2, 0.25) is 0 Å². The fourth-order valence-electron chi connectivity index (χ4n) is 1.94. The summed E-state index contributed by atoms with van der Waals surface area (Å²) in [5, 5.41) is 0. The molecule has 2 aromatic rings. The van der Waals surface area contributed by atoms with Crippen LogP contribution in [0.25, 0.3) is 0 Å². The Balaban J connectivity index is 2.17. The van der Waals surface area contributed by atoms with Gasteiger partial charge in [-0.15, -0.1) is 0 Å². The van der Waals surface area contributed by atoms with Gasteiger partial charge >= 0.3 is 0 Å². The van der Waals surface area contributed by atoms with Crippen LogP contribution >= 0.6 is 0 Å². The molecule has 0 aliphatic heterocycles. The maximum atomic E-state index is 13.6. The number of rotatable bonds is 6. The highest BCUT2D eigenvalue weighted by Gasteiger charge is 2.14. The molecule has 0 aliphatic rings. The van der Waals surface area contributed by atoms with E-state index in [1.54, 1.807) is 24.3 Å². The summed E-state index contributed by atoms with van der Waals surface area (Å²) in [4.78, 5) is 12.2. The van der Waals surface area contributed by atoms with Crippen molar-refractivity contribution in [2.75, 3.05) is 6.61 Å². The van der Waals surface area contributed by atoms with Crippen LogP contribution in [0.5, 0.6) is 5.75 Å².